The molecule has 3 aromatic rings. The van der Waals surface area contributed by atoms with Crippen molar-refractivity contribution in [2.75, 3.05) is 5.32 Å². The zero-order chi connectivity index (χ0) is 17.9. The maximum absolute atomic E-state index is 13.0. The summed E-state index contributed by atoms with van der Waals surface area (Å²) in [6.45, 7) is 0.568. The quantitative estimate of drug-likeness (QED) is 0.770. The highest BCUT2D eigenvalue weighted by atomic mass is 19.4. The van der Waals surface area contributed by atoms with Crippen LogP contribution in [0.4, 0.5) is 18.9 Å². The number of hydrogen-bond acceptors (Lipinski definition) is 2. The van der Waals surface area contributed by atoms with Crippen LogP contribution in [0, 0.1) is 0 Å². The minimum atomic E-state index is -4.58. The van der Waals surface area contributed by atoms with Crippen LogP contribution in [0.1, 0.15) is 21.5 Å². The largest absolute Gasteiger partial charge is 0.417 e. The Labute approximate surface area is 141 Å². The Morgan fingerprint density at radius 2 is 1.76 bits per heavy atom. The summed E-state index contributed by atoms with van der Waals surface area (Å²) in [6.07, 6.45) is -1.09. The average molecular weight is 345 g/mol. The van der Waals surface area contributed by atoms with Gasteiger partial charge < -0.3 is 5.32 Å². The van der Waals surface area contributed by atoms with Crippen molar-refractivity contribution in [3.8, 4) is 0 Å². The minimum absolute atomic E-state index is 0.407. The molecule has 0 saturated heterocycles. The van der Waals surface area contributed by atoms with Crippen molar-refractivity contribution in [3.63, 3.8) is 0 Å². The lowest BCUT2D eigenvalue weighted by molar-refractivity contribution is -0.137. The molecule has 0 atom stereocenters. The van der Waals surface area contributed by atoms with Crippen LogP contribution in [-0.4, -0.2) is 15.7 Å². The first-order chi connectivity index (χ1) is 11.9. The van der Waals surface area contributed by atoms with E-state index < -0.39 is 23.2 Å². The van der Waals surface area contributed by atoms with Crippen molar-refractivity contribution >= 4 is 11.6 Å². The van der Waals surface area contributed by atoms with Gasteiger partial charge in [0.25, 0.3) is 5.91 Å². The molecule has 0 aliphatic heterocycles. The molecule has 1 N–H and O–H groups in total. The van der Waals surface area contributed by atoms with Gasteiger partial charge >= 0.3 is 6.18 Å². The number of nitrogens with zero attached hydrogens (tertiary/aromatic N) is 2. The van der Waals surface area contributed by atoms with Gasteiger partial charge in [-0.2, -0.15) is 18.3 Å². The van der Waals surface area contributed by atoms with Crippen molar-refractivity contribution in [1.29, 1.82) is 0 Å². The van der Waals surface area contributed by atoms with Gasteiger partial charge in [0.1, 0.15) is 0 Å². The topological polar surface area (TPSA) is 46.9 Å². The highest BCUT2D eigenvalue weighted by molar-refractivity contribution is 6.05. The number of anilines is 1. The van der Waals surface area contributed by atoms with Crippen LogP contribution in [0.3, 0.4) is 0 Å². The van der Waals surface area contributed by atoms with Crippen LogP contribution in [0.25, 0.3) is 0 Å². The Hall–Kier alpha value is -3.09. The summed E-state index contributed by atoms with van der Waals surface area (Å²) in [5.74, 6) is -0.798. The van der Waals surface area contributed by atoms with Gasteiger partial charge in [-0.15, -0.1) is 0 Å². The van der Waals surface area contributed by atoms with E-state index in [-0.39, 0.29) is 0 Å². The Morgan fingerprint density at radius 1 is 1.04 bits per heavy atom. The molecule has 0 bridgehead atoms. The number of carbonyl (C=O) groups excluding carboxylic acids is 1. The third-order valence-corrected chi connectivity index (χ3v) is 3.59. The number of nitrogens with one attached hydrogen (secondary N) is 1. The second kappa shape index (κ2) is 6.80. The van der Waals surface area contributed by atoms with E-state index in [2.05, 4.69) is 10.4 Å². The molecule has 0 aliphatic carbocycles. The second-order valence-corrected chi connectivity index (χ2v) is 5.40. The number of carbonyl (C=O) groups is 1. The molecular formula is C18H14F3N3O. The van der Waals surface area contributed by atoms with Crippen molar-refractivity contribution in [1.82, 2.24) is 9.78 Å². The van der Waals surface area contributed by atoms with E-state index in [0.29, 0.717) is 12.2 Å². The molecule has 128 valence electrons. The summed E-state index contributed by atoms with van der Waals surface area (Å²) in [7, 11) is 0. The van der Waals surface area contributed by atoms with E-state index in [1.807, 2.05) is 12.3 Å². The maximum atomic E-state index is 13.0. The molecule has 25 heavy (non-hydrogen) atoms. The smallest absolute Gasteiger partial charge is 0.322 e. The van der Waals surface area contributed by atoms with Gasteiger partial charge in [-0.25, -0.2) is 0 Å². The van der Waals surface area contributed by atoms with Crippen LogP contribution in [-0.2, 0) is 12.7 Å². The molecule has 1 aromatic heterocycles. The standard InChI is InChI=1S/C18H14F3N3O/c19-18(20,21)16-5-2-1-4-15(16)17(25)23-14-8-6-13(7-9-14)12-24-11-3-10-22-24/h1-11H,12H2,(H,23,25). The summed E-state index contributed by atoms with van der Waals surface area (Å²) in [5, 5.41) is 6.59. The fraction of sp³-hybridized carbons (Fsp3) is 0.111. The van der Waals surface area contributed by atoms with E-state index >= 15 is 0 Å². The van der Waals surface area contributed by atoms with Gasteiger partial charge in [-0.05, 0) is 35.9 Å². The molecule has 4 nitrogen and oxygen atoms in total. The molecular weight excluding hydrogens is 331 g/mol. The minimum Gasteiger partial charge on any atom is -0.322 e. The summed E-state index contributed by atoms with van der Waals surface area (Å²) in [5.41, 5.74) is 0.0157. The van der Waals surface area contributed by atoms with Crippen LogP contribution in [0.2, 0.25) is 0 Å². The molecule has 0 radical (unpaired) electrons. The second-order valence-electron chi connectivity index (χ2n) is 5.40. The molecule has 0 aliphatic rings. The van der Waals surface area contributed by atoms with Gasteiger partial charge in [0.05, 0.1) is 17.7 Å². The van der Waals surface area contributed by atoms with Crippen LogP contribution in [0.15, 0.2) is 67.0 Å². The van der Waals surface area contributed by atoms with Crippen LogP contribution >= 0.6 is 0 Å². The van der Waals surface area contributed by atoms with E-state index in [9.17, 15) is 18.0 Å². The predicted molar refractivity (Wildman–Crippen MR) is 87.2 cm³/mol. The van der Waals surface area contributed by atoms with Gasteiger partial charge in [0.15, 0.2) is 0 Å². The van der Waals surface area contributed by atoms with Crippen molar-refractivity contribution in [2.45, 2.75) is 12.7 Å². The zero-order valence-electron chi connectivity index (χ0n) is 13.0. The first kappa shape index (κ1) is 16.8. The Morgan fingerprint density at radius 3 is 2.40 bits per heavy atom. The van der Waals surface area contributed by atoms with Crippen molar-refractivity contribution in [3.05, 3.63) is 83.7 Å². The van der Waals surface area contributed by atoms with E-state index in [1.54, 1.807) is 35.1 Å². The first-order valence-electron chi connectivity index (χ1n) is 7.47. The Bertz CT molecular complexity index is 856. The fourth-order valence-corrected chi connectivity index (χ4v) is 2.40. The van der Waals surface area contributed by atoms with Gasteiger partial charge in [0.2, 0.25) is 0 Å². The average Bonchev–Trinajstić information content (AvgIpc) is 3.09. The predicted octanol–water partition coefficient (Wildman–Crippen LogP) is 4.20. The normalized spacial score (nSPS) is 11.3. The van der Waals surface area contributed by atoms with Gasteiger partial charge in [0, 0.05) is 18.1 Å². The summed E-state index contributed by atoms with van der Waals surface area (Å²) in [4.78, 5) is 12.2. The van der Waals surface area contributed by atoms with E-state index in [1.165, 1.54) is 12.1 Å². The third-order valence-electron chi connectivity index (χ3n) is 3.59. The van der Waals surface area contributed by atoms with E-state index in [4.69, 9.17) is 0 Å². The Balaban J connectivity index is 1.73. The zero-order valence-corrected chi connectivity index (χ0v) is 13.0. The number of halogens is 3. The number of alkyl halides is 3. The summed E-state index contributed by atoms with van der Waals surface area (Å²) in [6, 6.07) is 13.4. The molecule has 7 heteroatoms. The molecule has 0 fully saturated rings. The lowest BCUT2D eigenvalue weighted by Gasteiger charge is -2.13. The molecule has 1 amide bonds. The lowest BCUT2D eigenvalue weighted by Crippen LogP contribution is -2.18. The molecule has 2 aromatic carbocycles. The van der Waals surface area contributed by atoms with Crippen molar-refractivity contribution < 1.29 is 18.0 Å². The number of aromatic nitrogens is 2. The monoisotopic (exact) mass is 345 g/mol. The fourth-order valence-electron chi connectivity index (χ4n) is 2.40. The number of amides is 1. The summed E-state index contributed by atoms with van der Waals surface area (Å²) < 4.78 is 40.7. The Kier molecular flexibility index (Phi) is 4.56. The molecule has 0 unspecified atom stereocenters. The highest BCUT2D eigenvalue weighted by Crippen LogP contribution is 2.32. The lowest BCUT2D eigenvalue weighted by atomic mass is 10.1. The van der Waals surface area contributed by atoms with Crippen molar-refractivity contribution in [2.24, 2.45) is 0 Å². The number of rotatable bonds is 4. The highest BCUT2D eigenvalue weighted by Gasteiger charge is 2.34. The molecule has 1 heterocycles. The van der Waals surface area contributed by atoms with Gasteiger partial charge in [-0.3, -0.25) is 9.48 Å². The van der Waals surface area contributed by atoms with Gasteiger partial charge in [-0.1, -0.05) is 24.3 Å². The SMILES string of the molecule is O=C(Nc1ccc(Cn2cccn2)cc1)c1ccccc1C(F)(F)F. The first-order valence-corrected chi connectivity index (χ1v) is 7.47. The van der Waals surface area contributed by atoms with E-state index in [0.717, 1.165) is 17.7 Å². The van der Waals surface area contributed by atoms with Crippen LogP contribution in [0.5, 0.6) is 0 Å². The number of benzene rings is 2. The molecule has 0 spiro atoms. The molecule has 0 saturated carbocycles. The third kappa shape index (κ3) is 4.06. The summed E-state index contributed by atoms with van der Waals surface area (Å²) >= 11 is 0. The van der Waals surface area contributed by atoms with Crippen LogP contribution < -0.4 is 5.32 Å². The molecule has 3 rings (SSSR count). The maximum Gasteiger partial charge on any atom is 0.417 e. The number of hydrogen-bond donors (Lipinski definition) is 1.